The molecule has 198 valence electrons. The van der Waals surface area contributed by atoms with Crippen molar-refractivity contribution < 1.29 is 23.0 Å². The van der Waals surface area contributed by atoms with Crippen molar-refractivity contribution in [3.8, 4) is 0 Å². The molecule has 2 aliphatic carbocycles. The summed E-state index contributed by atoms with van der Waals surface area (Å²) in [7, 11) is -1.78. The quantitative estimate of drug-likeness (QED) is 0.518. The minimum Gasteiger partial charge on any atom is -0.352 e. The van der Waals surface area contributed by atoms with Gasteiger partial charge in [-0.3, -0.25) is 18.6 Å². The fourth-order valence-electron chi connectivity index (χ4n) is 5.13. The normalized spacial score (nSPS) is 16.4. The van der Waals surface area contributed by atoms with Gasteiger partial charge in [-0.15, -0.1) is 0 Å². The maximum Gasteiger partial charge on any atom is 0.240 e. The number of nitrogens with one attached hydrogen (secondary N) is 2. The predicted molar refractivity (Wildman–Crippen MR) is 143 cm³/mol. The SMILES string of the molecule is O=C(C[S@@](=O)CC(=O)N(CC(=O)NC1CCCCC1)c1cccc2c1CCCC2)Nc1ccc(F)cc1. The van der Waals surface area contributed by atoms with Crippen LogP contribution in [0.2, 0.25) is 0 Å². The Balaban J connectivity index is 1.44. The average molecular weight is 528 g/mol. The molecular weight excluding hydrogens is 493 g/mol. The van der Waals surface area contributed by atoms with Crippen molar-refractivity contribution in [1.82, 2.24) is 5.32 Å². The van der Waals surface area contributed by atoms with Gasteiger partial charge < -0.3 is 15.5 Å². The van der Waals surface area contributed by atoms with E-state index in [4.69, 9.17) is 0 Å². The van der Waals surface area contributed by atoms with Gasteiger partial charge in [-0.2, -0.15) is 0 Å². The molecule has 2 aromatic rings. The van der Waals surface area contributed by atoms with Crippen LogP contribution < -0.4 is 15.5 Å². The van der Waals surface area contributed by atoms with Gasteiger partial charge in [-0.1, -0.05) is 31.4 Å². The van der Waals surface area contributed by atoms with Gasteiger partial charge in [0.2, 0.25) is 17.7 Å². The van der Waals surface area contributed by atoms with Crippen LogP contribution >= 0.6 is 0 Å². The van der Waals surface area contributed by atoms with Crippen LogP contribution in [0, 0.1) is 5.82 Å². The number of benzene rings is 2. The standard InChI is InChI=1S/C28H34FN3O4S/c29-21-13-15-23(16-14-21)31-27(34)18-37(36)19-28(35)32(17-26(33)30-22-9-2-1-3-10-22)25-12-6-8-20-7-4-5-11-24(20)25/h6,8,12-16,22H,1-5,7,9-11,17-19H2,(H,30,33)(H,31,34)/t37-/m1/s1. The maximum absolute atomic E-state index is 13.4. The molecule has 0 aliphatic heterocycles. The van der Waals surface area contributed by atoms with Crippen molar-refractivity contribution in [1.29, 1.82) is 0 Å². The van der Waals surface area contributed by atoms with Gasteiger partial charge in [0.1, 0.15) is 23.9 Å². The van der Waals surface area contributed by atoms with Crippen LogP contribution in [0.3, 0.4) is 0 Å². The number of amides is 3. The summed E-state index contributed by atoms with van der Waals surface area (Å²) in [6, 6.07) is 11.2. The summed E-state index contributed by atoms with van der Waals surface area (Å²) in [5.41, 5.74) is 3.31. The van der Waals surface area contributed by atoms with E-state index < -0.39 is 28.4 Å². The lowest BCUT2D eigenvalue weighted by Gasteiger charge is -2.29. The topological polar surface area (TPSA) is 95.6 Å². The molecule has 0 aromatic heterocycles. The number of nitrogens with zero attached hydrogens (tertiary/aromatic N) is 1. The van der Waals surface area contributed by atoms with E-state index in [2.05, 4.69) is 16.7 Å². The Morgan fingerprint density at radius 1 is 0.892 bits per heavy atom. The first-order chi connectivity index (χ1) is 17.9. The molecule has 0 unspecified atom stereocenters. The van der Waals surface area contributed by atoms with Gasteiger partial charge in [0.25, 0.3) is 0 Å². The second-order valence-corrected chi connectivity index (χ2v) is 11.2. The second kappa shape index (κ2) is 12.9. The van der Waals surface area contributed by atoms with E-state index in [1.807, 2.05) is 12.1 Å². The monoisotopic (exact) mass is 527 g/mol. The molecule has 9 heteroatoms. The Morgan fingerprint density at radius 2 is 1.62 bits per heavy atom. The first-order valence-electron chi connectivity index (χ1n) is 13.0. The van der Waals surface area contributed by atoms with E-state index in [9.17, 15) is 23.0 Å². The van der Waals surface area contributed by atoms with Gasteiger partial charge in [-0.25, -0.2) is 4.39 Å². The first-order valence-corrected chi connectivity index (χ1v) is 14.5. The molecule has 0 bridgehead atoms. The van der Waals surface area contributed by atoms with Gasteiger partial charge in [0, 0.05) is 28.2 Å². The number of rotatable bonds is 9. The average Bonchev–Trinajstić information content (AvgIpc) is 2.88. The molecule has 37 heavy (non-hydrogen) atoms. The zero-order valence-electron chi connectivity index (χ0n) is 21.0. The number of hydrogen-bond donors (Lipinski definition) is 2. The van der Waals surface area contributed by atoms with Gasteiger partial charge >= 0.3 is 0 Å². The summed E-state index contributed by atoms with van der Waals surface area (Å²) in [5, 5.41) is 5.64. The molecule has 2 aliphatic rings. The summed E-state index contributed by atoms with van der Waals surface area (Å²) >= 11 is 0. The summed E-state index contributed by atoms with van der Waals surface area (Å²) in [4.78, 5) is 40.2. The van der Waals surface area contributed by atoms with Crippen LogP contribution in [-0.4, -0.2) is 46.0 Å². The Kier molecular flexibility index (Phi) is 9.44. The number of hydrogen-bond acceptors (Lipinski definition) is 4. The maximum atomic E-state index is 13.4. The second-order valence-electron chi connectivity index (χ2n) is 9.79. The molecule has 0 radical (unpaired) electrons. The number of carbonyl (C=O) groups excluding carboxylic acids is 3. The molecule has 3 amide bonds. The summed E-state index contributed by atoms with van der Waals surface area (Å²) in [6.45, 7) is -0.148. The molecule has 0 saturated heterocycles. The van der Waals surface area contributed by atoms with Crippen LogP contribution in [0.5, 0.6) is 0 Å². The third-order valence-corrected chi connectivity index (χ3v) is 8.09. The van der Waals surface area contributed by atoms with Crippen molar-refractivity contribution in [2.45, 2.75) is 63.8 Å². The minimum atomic E-state index is -1.78. The lowest BCUT2D eigenvalue weighted by atomic mass is 9.90. The minimum absolute atomic E-state index is 0.118. The third kappa shape index (κ3) is 7.71. The van der Waals surface area contributed by atoms with E-state index in [-0.39, 0.29) is 30.0 Å². The van der Waals surface area contributed by atoms with Crippen molar-refractivity contribution in [2.24, 2.45) is 0 Å². The highest BCUT2D eigenvalue weighted by atomic mass is 32.2. The molecule has 1 saturated carbocycles. The summed E-state index contributed by atoms with van der Waals surface area (Å²) in [6.07, 6.45) is 9.06. The molecule has 2 N–H and O–H groups in total. The summed E-state index contributed by atoms with van der Waals surface area (Å²) in [5.74, 6) is -2.39. The molecule has 4 rings (SSSR count). The van der Waals surface area contributed by atoms with E-state index >= 15 is 0 Å². The third-order valence-electron chi connectivity index (χ3n) is 6.94. The van der Waals surface area contributed by atoms with E-state index in [0.717, 1.165) is 56.9 Å². The van der Waals surface area contributed by atoms with Gasteiger partial charge in [0.15, 0.2) is 0 Å². The molecule has 1 fully saturated rings. The molecule has 0 spiro atoms. The predicted octanol–water partition coefficient (Wildman–Crippen LogP) is 3.87. The van der Waals surface area contributed by atoms with E-state index in [1.165, 1.54) is 41.1 Å². The largest absolute Gasteiger partial charge is 0.352 e. The zero-order chi connectivity index (χ0) is 26.2. The highest BCUT2D eigenvalue weighted by Gasteiger charge is 2.27. The molecule has 1 atom stereocenters. The highest BCUT2D eigenvalue weighted by Crippen LogP contribution is 2.31. The van der Waals surface area contributed by atoms with E-state index in [0.29, 0.717) is 11.4 Å². The lowest BCUT2D eigenvalue weighted by molar-refractivity contribution is -0.123. The van der Waals surface area contributed by atoms with E-state index in [1.54, 1.807) is 0 Å². The number of fused-ring (bicyclic) bond motifs is 1. The van der Waals surface area contributed by atoms with Crippen molar-refractivity contribution in [3.05, 3.63) is 59.4 Å². The van der Waals surface area contributed by atoms with Gasteiger partial charge in [-0.05, 0) is 80.0 Å². The van der Waals surface area contributed by atoms with Crippen LogP contribution in [0.1, 0.15) is 56.1 Å². The Labute approximate surface area is 219 Å². The zero-order valence-corrected chi connectivity index (χ0v) is 21.8. The van der Waals surface area contributed by atoms with Crippen molar-refractivity contribution in [2.75, 3.05) is 28.3 Å². The van der Waals surface area contributed by atoms with Crippen LogP contribution in [0.25, 0.3) is 0 Å². The smallest absolute Gasteiger partial charge is 0.240 e. The van der Waals surface area contributed by atoms with Crippen LogP contribution in [0.15, 0.2) is 42.5 Å². The number of aryl methyl sites for hydroxylation is 1. The lowest BCUT2D eigenvalue weighted by Crippen LogP contribution is -2.46. The number of carbonyl (C=O) groups is 3. The Hall–Kier alpha value is -3.07. The highest BCUT2D eigenvalue weighted by molar-refractivity contribution is 7.86. The van der Waals surface area contributed by atoms with Gasteiger partial charge in [0.05, 0.1) is 0 Å². The first kappa shape index (κ1) is 27.0. The Morgan fingerprint density at radius 3 is 2.38 bits per heavy atom. The molecule has 0 heterocycles. The summed E-state index contributed by atoms with van der Waals surface area (Å²) < 4.78 is 25.9. The van der Waals surface area contributed by atoms with Crippen molar-refractivity contribution in [3.63, 3.8) is 0 Å². The van der Waals surface area contributed by atoms with Crippen LogP contribution in [-0.2, 0) is 38.0 Å². The molecule has 2 aromatic carbocycles. The Bertz CT molecular complexity index is 1150. The van der Waals surface area contributed by atoms with Crippen LogP contribution in [0.4, 0.5) is 15.8 Å². The number of halogens is 1. The fraction of sp³-hybridized carbons (Fsp3) is 0.464. The number of anilines is 2. The molecular formula is C28H34FN3O4S. The molecule has 7 nitrogen and oxygen atoms in total. The fourth-order valence-corrected chi connectivity index (χ4v) is 6.03. The van der Waals surface area contributed by atoms with Crippen molar-refractivity contribution >= 4 is 39.9 Å².